The van der Waals surface area contributed by atoms with E-state index in [0.29, 0.717) is 13.1 Å². The van der Waals surface area contributed by atoms with Crippen LogP contribution in [0.4, 0.5) is 5.69 Å². The van der Waals surface area contributed by atoms with Gasteiger partial charge >= 0.3 is 0 Å². The smallest absolute Gasteiger partial charge is 0.275 e. The number of nitro benzene ring substituents is 1. The molecule has 1 heterocycles. The molecule has 1 aliphatic rings. The quantitative estimate of drug-likeness (QED) is 0.666. The van der Waals surface area contributed by atoms with Crippen molar-refractivity contribution >= 4 is 27.3 Å². The normalized spacial score (nSPS) is 23.5. The van der Waals surface area contributed by atoms with Gasteiger partial charge in [0.2, 0.25) is 10.0 Å². The lowest BCUT2D eigenvalue weighted by molar-refractivity contribution is -0.385. The summed E-state index contributed by atoms with van der Waals surface area (Å²) < 4.78 is 26.8. The molecule has 22 heavy (non-hydrogen) atoms. The van der Waals surface area contributed by atoms with Gasteiger partial charge in [-0.25, -0.2) is 8.42 Å². The standard InChI is InChI=1S/C13H18ClN3O4S/c1-8-6-16(7-9(2)15-8)22(20,21)11-4-12(14)10(3)13(5-11)17(18)19/h4-5,8-9,15H,6-7H2,1-3H3. The molecule has 0 aliphatic carbocycles. The molecule has 1 saturated heterocycles. The van der Waals surface area contributed by atoms with Gasteiger partial charge in [-0.2, -0.15) is 4.31 Å². The molecule has 9 heteroatoms. The van der Waals surface area contributed by atoms with Crippen LogP contribution in [-0.4, -0.2) is 42.8 Å². The van der Waals surface area contributed by atoms with Gasteiger partial charge in [-0.05, 0) is 26.8 Å². The van der Waals surface area contributed by atoms with Gasteiger partial charge in [0, 0.05) is 36.8 Å². The second-order valence-electron chi connectivity index (χ2n) is 5.60. The first-order valence-corrected chi connectivity index (χ1v) is 8.65. The molecule has 0 spiro atoms. The highest BCUT2D eigenvalue weighted by Crippen LogP contribution is 2.31. The Morgan fingerprint density at radius 1 is 1.32 bits per heavy atom. The molecule has 0 amide bonds. The SMILES string of the molecule is Cc1c(Cl)cc(S(=O)(=O)N2CC(C)NC(C)C2)cc1[N+](=O)[O-]. The summed E-state index contributed by atoms with van der Waals surface area (Å²) in [6, 6.07) is 2.37. The summed E-state index contributed by atoms with van der Waals surface area (Å²) >= 11 is 5.97. The van der Waals surface area contributed by atoms with E-state index in [0.717, 1.165) is 6.07 Å². The molecule has 122 valence electrons. The van der Waals surface area contributed by atoms with Crippen LogP contribution in [0.3, 0.4) is 0 Å². The number of hydrogen-bond acceptors (Lipinski definition) is 5. The van der Waals surface area contributed by atoms with E-state index in [1.807, 2.05) is 13.8 Å². The summed E-state index contributed by atoms with van der Waals surface area (Å²) in [5, 5.41) is 14.4. The minimum atomic E-state index is -3.82. The molecule has 0 aromatic heterocycles. The van der Waals surface area contributed by atoms with Crippen LogP contribution in [0.2, 0.25) is 5.02 Å². The Morgan fingerprint density at radius 3 is 2.36 bits per heavy atom. The first-order valence-electron chi connectivity index (χ1n) is 6.83. The Bertz CT molecular complexity index is 697. The van der Waals surface area contributed by atoms with Crippen LogP contribution < -0.4 is 5.32 Å². The third kappa shape index (κ3) is 3.24. The third-order valence-electron chi connectivity index (χ3n) is 3.65. The van der Waals surface area contributed by atoms with Crippen molar-refractivity contribution in [2.24, 2.45) is 0 Å². The van der Waals surface area contributed by atoms with E-state index in [-0.39, 0.29) is 33.3 Å². The van der Waals surface area contributed by atoms with E-state index < -0.39 is 14.9 Å². The van der Waals surface area contributed by atoms with E-state index in [1.165, 1.54) is 17.3 Å². The second-order valence-corrected chi connectivity index (χ2v) is 7.94. The predicted octanol–water partition coefficient (Wildman–Crippen LogP) is 1.93. The fourth-order valence-corrected chi connectivity index (χ4v) is 4.54. The zero-order valence-corrected chi connectivity index (χ0v) is 14.1. The van der Waals surface area contributed by atoms with Gasteiger partial charge in [-0.1, -0.05) is 11.6 Å². The highest BCUT2D eigenvalue weighted by molar-refractivity contribution is 7.89. The van der Waals surface area contributed by atoms with Crippen LogP contribution in [0.1, 0.15) is 19.4 Å². The van der Waals surface area contributed by atoms with Gasteiger partial charge in [0.05, 0.1) is 14.8 Å². The van der Waals surface area contributed by atoms with E-state index in [4.69, 9.17) is 11.6 Å². The van der Waals surface area contributed by atoms with Crippen LogP contribution in [0.25, 0.3) is 0 Å². The largest absolute Gasteiger partial charge is 0.309 e. The van der Waals surface area contributed by atoms with Crippen molar-refractivity contribution in [2.75, 3.05) is 13.1 Å². The number of rotatable bonds is 3. The number of hydrogen-bond donors (Lipinski definition) is 1. The van der Waals surface area contributed by atoms with Gasteiger partial charge in [0.25, 0.3) is 5.69 Å². The van der Waals surface area contributed by atoms with Crippen molar-refractivity contribution < 1.29 is 13.3 Å². The lowest BCUT2D eigenvalue weighted by Gasteiger charge is -2.35. The fraction of sp³-hybridized carbons (Fsp3) is 0.538. The molecular weight excluding hydrogens is 330 g/mol. The Hall–Kier alpha value is -1.22. The summed E-state index contributed by atoms with van der Waals surface area (Å²) in [6.45, 7) is 5.90. The first-order chi connectivity index (χ1) is 10.1. The Kier molecular flexibility index (Phi) is 4.76. The molecule has 1 aliphatic heterocycles. The highest BCUT2D eigenvalue weighted by Gasteiger charge is 2.33. The zero-order valence-electron chi connectivity index (χ0n) is 12.5. The van der Waals surface area contributed by atoms with Gasteiger partial charge < -0.3 is 5.32 Å². The van der Waals surface area contributed by atoms with E-state index in [1.54, 1.807) is 0 Å². The minimum absolute atomic E-state index is 0.00873. The van der Waals surface area contributed by atoms with Crippen molar-refractivity contribution in [1.82, 2.24) is 9.62 Å². The molecule has 0 radical (unpaired) electrons. The Balaban J connectivity index is 2.48. The zero-order chi connectivity index (χ0) is 16.7. The molecule has 2 unspecified atom stereocenters. The number of halogens is 1. The summed E-state index contributed by atoms with van der Waals surface area (Å²) in [5.41, 5.74) is -0.0324. The molecule has 0 saturated carbocycles. The molecule has 2 rings (SSSR count). The second kappa shape index (κ2) is 6.11. The molecular formula is C13H18ClN3O4S. The number of piperazine rings is 1. The maximum atomic E-state index is 12.7. The number of nitrogens with zero attached hydrogens (tertiary/aromatic N) is 2. The van der Waals surface area contributed by atoms with Crippen LogP contribution in [0.15, 0.2) is 17.0 Å². The number of sulfonamides is 1. The van der Waals surface area contributed by atoms with Crippen molar-refractivity contribution in [3.63, 3.8) is 0 Å². The van der Waals surface area contributed by atoms with Crippen molar-refractivity contribution in [3.05, 3.63) is 32.8 Å². The van der Waals surface area contributed by atoms with E-state index in [9.17, 15) is 18.5 Å². The van der Waals surface area contributed by atoms with E-state index >= 15 is 0 Å². The Labute approximate surface area is 134 Å². The molecule has 1 N–H and O–H groups in total. The maximum Gasteiger partial charge on any atom is 0.275 e. The average Bonchev–Trinajstić information content (AvgIpc) is 2.40. The number of benzene rings is 1. The predicted molar refractivity (Wildman–Crippen MR) is 83.7 cm³/mol. The highest BCUT2D eigenvalue weighted by atomic mass is 35.5. The average molecular weight is 348 g/mol. The number of nitro groups is 1. The summed E-state index contributed by atoms with van der Waals surface area (Å²) in [5.74, 6) is 0. The van der Waals surface area contributed by atoms with Crippen LogP contribution in [0, 0.1) is 17.0 Å². The Morgan fingerprint density at radius 2 is 1.86 bits per heavy atom. The van der Waals surface area contributed by atoms with Crippen molar-refractivity contribution in [2.45, 2.75) is 37.8 Å². The number of nitrogens with one attached hydrogen (secondary N) is 1. The van der Waals surface area contributed by atoms with Gasteiger partial charge in [0.15, 0.2) is 0 Å². The van der Waals surface area contributed by atoms with E-state index in [2.05, 4.69) is 5.32 Å². The summed E-state index contributed by atoms with van der Waals surface area (Å²) in [4.78, 5) is 10.3. The fourth-order valence-electron chi connectivity index (χ4n) is 2.60. The topological polar surface area (TPSA) is 92.6 Å². The monoisotopic (exact) mass is 347 g/mol. The maximum absolute atomic E-state index is 12.7. The first kappa shape index (κ1) is 17.1. The molecule has 1 aromatic rings. The molecule has 1 fully saturated rings. The summed E-state index contributed by atoms with van der Waals surface area (Å²) in [7, 11) is -3.82. The van der Waals surface area contributed by atoms with Crippen molar-refractivity contribution in [3.8, 4) is 0 Å². The van der Waals surface area contributed by atoms with Crippen LogP contribution >= 0.6 is 11.6 Å². The van der Waals surface area contributed by atoms with Gasteiger partial charge in [0.1, 0.15) is 0 Å². The third-order valence-corrected chi connectivity index (χ3v) is 5.85. The molecule has 0 bridgehead atoms. The summed E-state index contributed by atoms with van der Waals surface area (Å²) in [6.07, 6.45) is 0. The van der Waals surface area contributed by atoms with Crippen LogP contribution in [-0.2, 0) is 10.0 Å². The van der Waals surface area contributed by atoms with Crippen LogP contribution in [0.5, 0.6) is 0 Å². The molecule has 2 atom stereocenters. The molecule has 7 nitrogen and oxygen atoms in total. The molecule has 1 aromatic carbocycles. The lowest BCUT2D eigenvalue weighted by Crippen LogP contribution is -2.55. The minimum Gasteiger partial charge on any atom is -0.309 e. The van der Waals surface area contributed by atoms with Crippen molar-refractivity contribution in [1.29, 1.82) is 0 Å². The van der Waals surface area contributed by atoms with Gasteiger partial charge in [-0.15, -0.1) is 0 Å². The van der Waals surface area contributed by atoms with Gasteiger partial charge in [-0.3, -0.25) is 10.1 Å². The lowest BCUT2D eigenvalue weighted by atomic mass is 10.2.